The largest absolute Gasteiger partial charge is 0.443 e. The van der Waals surface area contributed by atoms with Gasteiger partial charge in [0.25, 0.3) is 0 Å². The summed E-state index contributed by atoms with van der Waals surface area (Å²) in [6.45, 7) is 1.81. The molecule has 1 atom stereocenters. The number of amides is 1. The fourth-order valence-electron chi connectivity index (χ4n) is 1.61. The van der Waals surface area contributed by atoms with Gasteiger partial charge in [0.2, 0.25) is 5.91 Å². The van der Waals surface area contributed by atoms with Crippen LogP contribution in [-0.4, -0.2) is 24.0 Å². The highest BCUT2D eigenvalue weighted by atomic mass is 16.3. The van der Waals surface area contributed by atoms with Gasteiger partial charge in [0.1, 0.15) is 5.52 Å². The second-order valence-corrected chi connectivity index (χ2v) is 4.14. The van der Waals surface area contributed by atoms with Crippen molar-refractivity contribution in [1.29, 1.82) is 0 Å². The van der Waals surface area contributed by atoms with Crippen LogP contribution in [0.3, 0.4) is 0 Å². The average Bonchev–Trinajstić information content (AvgIpc) is 2.73. The summed E-state index contributed by atoms with van der Waals surface area (Å²) in [5, 5.41) is 0. The van der Waals surface area contributed by atoms with Crippen LogP contribution in [0.25, 0.3) is 11.1 Å². The van der Waals surface area contributed by atoms with Gasteiger partial charge in [0, 0.05) is 31.3 Å². The van der Waals surface area contributed by atoms with Crippen LogP contribution in [0.15, 0.2) is 29.0 Å². The standard InChI is InChI=1S/C12H15N3O2/c1-8(13)5-12(16)15(2)9-3-4-10-11(6-9)17-7-14-10/h3-4,6-8H,5,13H2,1-2H3. The molecule has 1 unspecified atom stereocenters. The average molecular weight is 233 g/mol. The number of fused-ring (bicyclic) bond motifs is 1. The molecule has 0 spiro atoms. The molecule has 0 saturated carbocycles. The Hall–Kier alpha value is -1.88. The Balaban J connectivity index is 2.23. The molecule has 5 heteroatoms. The summed E-state index contributed by atoms with van der Waals surface area (Å²) in [6.07, 6.45) is 1.71. The third-order valence-electron chi connectivity index (χ3n) is 2.57. The Morgan fingerprint density at radius 3 is 3.06 bits per heavy atom. The Labute approximate surface area is 99.2 Å². The molecule has 1 amide bonds. The fraction of sp³-hybridized carbons (Fsp3) is 0.333. The molecule has 1 aromatic carbocycles. The molecule has 2 rings (SSSR count). The first-order chi connectivity index (χ1) is 8.08. The lowest BCUT2D eigenvalue weighted by Crippen LogP contribution is -2.31. The van der Waals surface area contributed by atoms with Gasteiger partial charge in [0.05, 0.1) is 0 Å². The van der Waals surface area contributed by atoms with Gasteiger partial charge in [-0.2, -0.15) is 0 Å². The first-order valence-corrected chi connectivity index (χ1v) is 5.43. The van der Waals surface area contributed by atoms with E-state index in [4.69, 9.17) is 10.2 Å². The third-order valence-corrected chi connectivity index (χ3v) is 2.57. The van der Waals surface area contributed by atoms with Crippen molar-refractivity contribution in [3.63, 3.8) is 0 Å². The maximum Gasteiger partial charge on any atom is 0.228 e. The molecule has 1 aromatic heterocycles. The second kappa shape index (κ2) is 4.55. The molecule has 0 bridgehead atoms. The number of carbonyl (C=O) groups is 1. The van der Waals surface area contributed by atoms with Gasteiger partial charge >= 0.3 is 0 Å². The highest BCUT2D eigenvalue weighted by Crippen LogP contribution is 2.21. The van der Waals surface area contributed by atoms with Gasteiger partial charge in [-0.1, -0.05) is 0 Å². The van der Waals surface area contributed by atoms with E-state index < -0.39 is 0 Å². The summed E-state index contributed by atoms with van der Waals surface area (Å²) >= 11 is 0. The van der Waals surface area contributed by atoms with Gasteiger partial charge in [-0.05, 0) is 19.1 Å². The molecule has 1 heterocycles. The Kier molecular flexibility index (Phi) is 3.10. The van der Waals surface area contributed by atoms with Crippen molar-refractivity contribution in [3.8, 4) is 0 Å². The van der Waals surface area contributed by atoms with E-state index in [0.717, 1.165) is 11.2 Å². The number of rotatable bonds is 3. The monoisotopic (exact) mass is 233 g/mol. The highest BCUT2D eigenvalue weighted by molar-refractivity contribution is 5.94. The summed E-state index contributed by atoms with van der Waals surface area (Å²) in [4.78, 5) is 17.4. The van der Waals surface area contributed by atoms with Crippen LogP contribution in [0.1, 0.15) is 13.3 Å². The normalized spacial score (nSPS) is 12.6. The number of carbonyl (C=O) groups excluding carboxylic acids is 1. The maximum absolute atomic E-state index is 11.8. The lowest BCUT2D eigenvalue weighted by atomic mass is 10.2. The van der Waals surface area contributed by atoms with E-state index in [-0.39, 0.29) is 11.9 Å². The smallest absolute Gasteiger partial charge is 0.228 e. The lowest BCUT2D eigenvalue weighted by Gasteiger charge is -2.18. The number of hydrogen-bond donors (Lipinski definition) is 1. The van der Waals surface area contributed by atoms with E-state index >= 15 is 0 Å². The van der Waals surface area contributed by atoms with Crippen molar-refractivity contribution < 1.29 is 9.21 Å². The van der Waals surface area contributed by atoms with E-state index in [1.807, 2.05) is 19.1 Å². The molecule has 0 fully saturated rings. The SMILES string of the molecule is CC(N)CC(=O)N(C)c1ccc2ncoc2c1. The van der Waals surface area contributed by atoms with Crippen molar-refractivity contribution in [2.75, 3.05) is 11.9 Å². The van der Waals surface area contributed by atoms with Crippen LogP contribution in [0.2, 0.25) is 0 Å². The molecule has 2 aromatic rings. The van der Waals surface area contributed by atoms with E-state index in [1.165, 1.54) is 6.39 Å². The number of nitrogens with two attached hydrogens (primary N) is 1. The summed E-state index contributed by atoms with van der Waals surface area (Å²) in [5.41, 5.74) is 7.83. The van der Waals surface area contributed by atoms with Crippen LogP contribution in [-0.2, 0) is 4.79 Å². The molecule has 2 N–H and O–H groups in total. The fourth-order valence-corrected chi connectivity index (χ4v) is 1.61. The summed E-state index contributed by atoms with van der Waals surface area (Å²) in [6, 6.07) is 5.31. The van der Waals surface area contributed by atoms with Crippen molar-refractivity contribution in [2.24, 2.45) is 5.73 Å². The maximum atomic E-state index is 11.8. The first kappa shape index (κ1) is 11.6. The quantitative estimate of drug-likeness (QED) is 0.872. The minimum Gasteiger partial charge on any atom is -0.443 e. The van der Waals surface area contributed by atoms with E-state index in [2.05, 4.69) is 4.98 Å². The van der Waals surface area contributed by atoms with E-state index in [1.54, 1.807) is 18.0 Å². The van der Waals surface area contributed by atoms with Crippen LogP contribution >= 0.6 is 0 Å². The Bertz CT molecular complexity index is 533. The number of hydrogen-bond acceptors (Lipinski definition) is 4. The minimum absolute atomic E-state index is 0.0149. The van der Waals surface area contributed by atoms with Crippen LogP contribution in [0, 0.1) is 0 Å². The van der Waals surface area contributed by atoms with Crippen molar-refractivity contribution >= 4 is 22.7 Å². The van der Waals surface area contributed by atoms with Gasteiger partial charge in [-0.15, -0.1) is 0 Å². The molecule has 0 aliphatic rings. The number of benzene rings is 1. The van der Waals surface area contributed by atoms with Gasteiger partial charge in [-0.25, -0.2) is 4.98 Å². The summed E-state index contributed by atoms with van der Waals surface area (Å²) < 4.78 is 5.20. The lowest BCUT2D eigenvalue weighted by molar-refractivity contribution is -0.118. The topological polar surface area (TPSA) is 72.4 Å². The highest BCUT2D eigenvalue weighted by Gasteiger charge is 2.13. The van der Waals surface area contributed by atoms with Crippen LogP contribution in [0.4, 0.5) is 5.69 Å². The zero-order chi connectivity index (χ0) is 12.4. The molecule has 0 radical (unpaired) electrons. The molecule has 90 valence electrons. The van der Waals surface area contributed by atoms with Crippen molar-refractivity contribution in [2.45, 2.75) is 19.4 Å². The van der Waals surface area contributed by atoms with Crippen LogP contribution < -0.4 is 10.6 Å². The third kappa shape index (κ3) is 2.45. The van der Waals surface area contributed by atoms with Gasteiger partial charge < -0.3 is 15.1 Å². The van der Waals surface area contributed by atoms with Crippen molar-refractivity contribution in [1.82, 2.24) is 4.98 Å². The molecule has 17 heavy (non-hydrogen) atoms. The van der Waals surface area contributed by atoms with Crippen molar-refractivity contribution in [3.05, 3.63) is 24.6 Å². The summed E-state index contributed by atoms with van der Waals surface area (Å²) in [7, 11) is 1.72. The number of nitrogens with zero attached hydrogens (tertiary/aromatic N) is 2. The molecular formula is C12H15N3O2. The zero-order valence-corrected chi connectivity index (χ0v) is 9.88. The van der Waals surface area contributed by atoms with Gasteiger partial charge in [-0.3, -0.25) is 4.79 Å². The molecule has 0 aliphatic heterocycles. The molecule has 0 saturated heterocycles. The Morgan fingerprint density at radius 2 is 2.35 bits per heavy atom. The number of anilines is 1. The molecule has 5 nitrogen and oxygen atoms in total. The predicted octanol–water partition coefficient (Wildman–Crippen LogP) is 1.53. The molecular weight excluding hydrogens is 218 g/mol. The first-order valence-electron chi connectivity index (χ1n) is 5.43. The predicted molar refractivity (Wildman–Crippen MR) is 65.7 cm³/mol. The Morgan fingerprint density at radius 1 is 1.59 bits per heavy atom. The molecule has 0 aliphatic carbocycles. The van der Waals surface area contributed by atoms with Crippen LogP contribution in [0.5, 0.6) is 0 Å². The van der Waals surface area contributed by atoms with E-state index in [9.17, 15) is 4.79 Å². The zero-order valence-electron chi connectivity index (χ0n) is 9.88. The minimum atomic E-state index is -0.140. The van der Waals surface area contributed by atoms with E-state index in [0.29, 0.717) is 12.0 Å². The number of aromatic nitrogens is 1. The van der Waals surface area contributed by atoms with Gasteiger partial charge in [0.15, 0.2) is 12.0 Å². The number of oxazole rings is 1. The summed E-state index contributed by atoms with van der Waals surface area (Å²) in [5.74, 6) is -0.0149. The second-order valence-electron chi connectivity index (χ2n) is 4.14.